The molecule has 0 spiro atoms. The van der Waals surface area contributed by atoms with Crippen LogP contribution in [-0.2, 0) is 0 Å². The maximum atomic E-state index is 6.50. The minimum atomic E-state index is -0.276. The number of hydrazone groups is 1. The maximum Gasteiger partial charge on any atom is 0.231 e. The summed E-state index contributed by atoms with van der Waals surface area (Å²) in [6.07, 6.45) is 0.522. The molecule has 3 aromatic carbocycles. The highest BCUT2D eigenvalue weighted by Gasteiger charge is 2.41. The van der Waals surface area contributed by atoms with Crippen LogP contribution in [0.1, 0.15) is 60.7 Å². The van der Waals surface area contributed by atoms with Crippen molar-refractivity contribution in [3.8, 4) is 17.2 Å². The largest absolute Gasteiger partial charge is 0.464 e. The third kappa shape index (κ3) is 3.25. The molecule has 2 unspecified atom stereocenters. The first-order chi connectivity index (χ1) is 15.6. The Morgan fingerprint density at radius 2 is 1.72 bits per heavy atom. The van der Waals surface area contributed by atoms with E-state index in [2.05, 4.69) is 71.2 Å². The molecule has 5 nitrogen and oxygen atoms in total. The number of nitrogens with zero attached hydrogens (tertiary/aromatic N) is 2. The van der Waals surface area contributed by atoms with Gasteiger partial charge in [0.25, 0.3) is 0 Å². The molecular weight excluding hydrogens is 468 g/mol. The molecule has 0 bridgehead atoms. The van der Waals surface area contributed by atoms with Crippen LogP contribution >= 0.6 is 15.9 Å². The van der Waals surface area contributed by atoms with Crippen LogP contribution in [0.15, 0.2) is 70.2 Å². The fourth-order valence-corrected chi connectivity index (χ4v) is 4.95. The maximum absolute atomic E-state index is 6.50. The molecule has 6 rings (SSSR count). The molecule has 0 aromatic heterocycles. The Morgan fingerprint density at radius 1 is 0.938 bits per heavy atom. The smallest absolute Gasteiger partial charge is 0.231 e. The second-order valence-electron chi connectivity index (χ2n) is 8.69. The van der Waals surface area contributed by atoms with E-state index in [0.717, 1.165) is 50.5 Å². The molecule has 6 heteroatoms. The molecule has 0 N–H and O–H groups in total. The van der Waals surface area contributed by atoms with Crippen LogP contribution in [0.2, 0.25) is 0 Å². The standard InChI is InChI=1S/C26H23BrN2O3/c1-15(2)16-3-5-17(6-4-16)26-29-22(20-12-19(27)8-10-23(20)32-26)13-21(28-29)18-7-9-24-25(11-18)31-14-30-24/h3-12,15,22,26H,13-14H2,1-2H3. The SMILES string of the molecule is CC(C)c1ccc(C2Oc3ccc(Br)cc3C3CC(c4ccc5c(c4)OCO5)=NN32)cc1. The minimum absolute atomic E-state index is 0.103. The van der Waals surface area contributed by atoms with E-state index in [4.69, 9.17) is 19.3 Å². The normalized spacial score (nSPS) is 20.6. The third-order valence-corrected chi connectivity index (χ3v) is 6.84. The number of rotatable bonds is 3. The number of fused-ring (bicyclic) bond motifs is 4. The Bertz CT molecular complexity index is 1220. The lowest BCUT2D eigenvalue weighted by Crippen LogP contribution is -2.33. The van der Waals surface area contributed by atoms with Gasteiger partial charge in [0.1, 0.15) is 5.75 Å². The van der Waals surface area contributed by atoms with Crippen LogP contribution in [0.4, 0.5) is 0 Å². The molecule has 0 fully saturated rings. The van der Waals surface area contributed by atoms with Gasteiger partial charge >= 0.3 is 0 Å². The topological polar surface area (TPSA) is 43.3 Å². The number of benzene rings is 3. The summed E-state index contributed by atoms with van der Waals surface area (Å²) in [6, 6.07) is 21.1. The first-order valence-corrected chi connectivity index (χ1v) is 11.7. The molecular formula is C26H23BrN2O3. The van der Waals surface area contributed by atoms with Crippen molar-refractivity contribution in [2.75, 3.05) is 6.79 Å². The van der Waals surface area contributed by atoms with E-state index in [1.807, 2.05) is 24.3 Å². The fraction of sp³-hybridized carbons (Fsp3) is 0.269. The van der Waals surface area contributed by atoms with Gasteiger partial charge in [0.05, 0.1) is 11.8 Å². The van der Waals surface area contributed by atoms with E-state index < -0.39 is 0 Å². The van der Waals surface area contributed by atoms with Gasteiger partial charge in [0, 0.05) is 27.6 Å². The van der Waals surface area contributed by atoms with Crippen molar-refractivity contribution in [2.24, 2.45) is 5.10 Å². The molecule has 3 aliphatic heterocycles. The quantitative estimate of drug-likeness (QED) is 0.417. The number of ether oxygens (including phenoxy) is 3. The monoisotopic (exact) mass is 490 g/mol. The molecule has 0 amide bonds. The van der Waals surface area contributed by atoms with Crippen molar-refractivity contribution >= 4 is 21.6 Å². The van der Waals surface area contributed by atoms with Crippen molar-refractivity contribution in [1.82, 2.24) is 5.01 Å². The van der Waals surface area contributed by atoms with Gasteiger partial charge in [-0.2, -0.15) is 5.10 Å². The first-order valence-electron chi connectivity index (χ1n) is 10.9. The summed E-state index contributed by atoms with van der Waals surface area (Å²) in [5.74, 6) is 2.96. The van der Waals surface area contributed by atoms with E-state index in [0.29, 0.717) is 5.92 Å². The first kappa shape index (κ1) is 19.7. The summed E-state index contributed by atoms with van der Waals surface area (Å²) in [7, 11) is 0. The summed E-state index contributed by atoms with van der Waals surface area (Å²) >= 11 is 3.62. The molecule has 0 saturated carbocycles. The predicted octanol–water partition coefficient (Wildman–Crippen LogP) is 6.54. The van der Waals surface area contributed by atoms with Crippen LogP contribution in [0.25, 0.3) is 0 Å². The lowest BCUT2D eigenvalue weighted by atomic mass is 9.95. The molecule has 3 aromatic rings. The molecule has 162 valence electrons. The van der Waals surface area contributed by atoms with Gasteiger partial charge in [0.15, 0.2) is 11.5 Å². The number of halogens is 1. The van der Waals surface area contributed by atoms with E-state index >= 15 is 0 Å². The summed E-state index contributed by atoms with van der Waals surface area (Å²) in [5, 5.41) is 7.17. The summed E-state index contributed by atoms with van der Waals surface area (Å²) in [6.45, 7) is 4.68. The molecule has 3 aliphatic rings. The van der Waals surface area contributed by atoms with Crippen molar-refractivity contribution in [3.05, 3.63) is 87.4 Å². The number of hydrogen-bond donors (Lipinski definition) is 0. The summed E-state index contributed by atoms with van der Waals surface area (Å²) in [4.78, 5) is 0. The van der Waals surface area contributed by atoms with Crippen molar-refractivity contribution < 1.29 is 14.2 Å². The van der Waals surface area contributed by atoms with Crippen molar-refractivity contribution in [2.45, 2.75) is 38.5 Å². The second kappa shape index (κ2) is 7.55. The van der Waals surface area contributed by atoms with Crippen molar-refractivity contribution in [3.63, 3.8) is 0 Å². The highest BCUT2D eigenvalue weighted by atomic mass is 79.9. The van der Waals surface area contributed by atoms with Crippen LogP contribution in [-0.4, -0.2) is 17.5 Å². The zero-order chi connectivity index (χ0) is 21.8. The molecule has 32 heavy (non-hydrogen) atoms. The van der Waals surface area contributed by atoms with Crippen LogP contribution < -0.4 is 14.2 Å². The van der Waals surface area contributed by atoms with Gasteiger partial charge in [0.2, 0.25) is 13.0 Å². The van der Waals surface area contributed by atoms with E-state index in [1.54, 1.807) is 0 Å². The van der Waals surface area contributed by atoms with Gasteiger partial charge in [-0.3, -0.25) is 0 Å². The Morgan fingerprint density at radius 3 is 2.53 bits per heavy atom. The van der Waals surface area contributed by atoms with Gasteiger partial charge in [-0.15, -0.1) is 0 Å². The van der Waals surface area contributed by atoms with Crippen LogP contribution in [0, 0.1) is 0 Å². The van der Waals surface area contributed by atoms with Gasteiger partial charge in [-0.05, 0) is 47.9 Å². The third-order valence-electron chi connectivity index (χ3n) is 6.35. The highest BCUT2D eigenvalue weighted by Crippen LogP contribution is 2.48. The Kier molecular flexibility index (Phi) is 4.65. The average Bonchev–Trinajstić information content (AvgIpc) is 3.45. The Labute approximate surface area is 195 Å². The van der Waals surface area contributed by atoms with E-state index in [9.17, 15) is 0 Å². The predicted molar refractivity (Wildman–Crippen MR) is 126 cm³/mol. The van der Waals surface area contributed by atoms with E-state index in [-0.39, 0.29) is 19.1 Å². The minimum Gasteiger partial charge on any atom is -0.464 e. The zero-order valence-corrected chi connectivity index (χ0v) is 19.5. The van der Waals surface area contributed by atoms with Gasteiger partial charge in [-0.1, -0.05) is 54.0 Å². The molecule has 0 saturated heterocycles. The van der Waals surface area contributed by atoms with Gasteiger partial charge < -0.3 is 14.2 Å². The average molecular weight is 491 g/mol. The molecule has 2 atom stereocenters. The Hall–Kier alpha value is -2.99. The molecule has 3 heterocycles. The van der Waals surface area contributed by atoms with Gasteiger partial charge in [-0.25, -0.2) is 5.01 Å². The fourth-order valence-electron chi connectivity index (χ4n) is 4.57. The van der Waals surface area contributed by atoms with Crippen molar-refractivity contribution in [1.29, 1.82) is 0 Å². The highest BCUT2D eigenvalue weighted by molar-refractivity contribution is 9.10. The van der Waals surface area contributed by atoms with Crippen LogP contribution in [0.5, 0.6) is 17.2 Å². The lowest BCUT2D eigenvalue weighted by molar-refractivity contribution is -0.0190. The van der Waals surface area contributed by atoms with Crippen LogP contribution in [0.3, 0.4) is 0 Å². The van der Waals surface area contributed by atoms with E-state index in [1.165, 1.54) is 5.56 Å². The second-order valence-corrected chi connectivity index (χ2v) is 9.60. The number of hydrogen-bond acceptors (Lipinski definition) is 5. The molecule has 0 aliphatic carbocycles. The summed E-state index contributed by atoms with van der Waals surface area (Å²) < 4.78 is 18.6. The lowest BCUT2D eigenvalue weighted by Gasteiger charge is -2.38. The summed E-state index contributed by atoms with van der Waals surface area (Å²) in [5.41, 5.74) is 5.64. The zero-order valence-electron chi connectivity index (χ0n) is 17.9. The molecule has 0 radical (unpaired) electrons. The Balaban J connectivity index is 1.41.